The van der Waals surface area contributed by atoms with Gasteiger partial charge in [-0.2, -0.15) is 0 Å². The summed E-state index contributed by atoms with van der Waals surface area (Å²) >= 11 is 0. The molecule has 0 atom stereocenters. The van der Waals surface area contributed by atoms with Gasteiger partial charge in [0.1, 0.15) is 11.6 Å². The normalized spacial score (nSPS) is 13.5. The Kier molecular flexibility index (Phi) is 5.14. The first-order chi connectivity index (χ1) is 13.7. The Morgan fingerprint density at radius 2 is 1.82 bits per heavy atom. The second kappa shape index (κ2) is 8.04. The molecule has 3 heterocycles. The molecule has 7 heteroatoms. The van der Waals surface area contributed by atoms with Crippen LogP contribution in [-0.2, 0) is 6.54 Å². The Hall–Kier alpha value is -3.48. The number of nitrogens with zero attached hydrogens (tertiary/aromatic N) is 4. The van der Waals surface area contributed by atoms with E-state index in [-0.39, 0.29) is 5.69 Å². The van der Waals surface area contributed by atoms with E-state index in [0.29, 0.717) is 18.1 Å². The fraction of sp³-hybridized carbons (Fsp3) is 0.238. The Bertz CT molecular complexity index is 954. The van der Waals surface area contributed by atoms with Crippen LogP contribution in [0, 0.1) is 10.1 Å². The van der Waals surface area contributed by atoms with Gasteiger partial charge in [-0.05, 0) is 30.5 Å². The van der Waals surface area contributed by atoms with Crippen LogP contribution in [0.15, 0.2) is 60.8 Å². The van der Waals surface area contributed by atoms with Crippen molar-refractivity contribution in [3.05, 3.63) is 76.5 Å². The summed E-state index contributed by atoms with van der Waals surface area (Å²) in [5.41, 5.74) is 2.10. The molecule has 1 aromatic carbocycles. The smallest absolute Gasteiger partial charge is 0.295 e. The van der Waals surface area contributed by atoms with Crippen molar-refractivity contribution in [3.63, 3.8) is 0 Å². The minimum atomic E-state index is -0.403. The fourth-order valence-electron chi connectivity index (χ4n) is 3.35. The number of aromatic nitrogens is 2. The topological polar surface area (TPSA) is 84.2 Å². The first kappa shape index (κ1) is 17.9. The number of pyridine rings is 2. The van der Waals surface area contributed by atoms with Crippen molar-refractivity contribution in [3.8, 4) is 11.3 Å². The van der Waals surface area contributed by atoms with Crippen molar-refractivity contribution in [2.24, 2.45) is 0 Å². The van der Waals surface area contributed by atoms with E-state index in [1.165, 1.54) is 18.9 Å². The monoisotopic (exact) mass is 375 g/mol. The largest absolute Gasteiger partial charge is 0.366 e. The minimum absolute atomic E-state index is 0.00613. The summed E-state index contributed by atoms with van der Waals surface area (Å²) in [6.07, 6.45) is 4.31. The molecule has 0 saturated carbocycles. The van der Waals surface area contributed by atoms with Gasteiger partial charge in [-0.3, -0.25) is 10.1 Å². The summed E-state index contributed by atoms with van der Waals surface area (Å²) in [5, 5.41) is 14.6. The number of hydrogen-bond acceptors (Lipinski definition) is 6. The third-order valence-electron chi connectivity index (χ3n) is 4.83. The zero-order valence-corrected chi connectivity index (χ0v) is 15.4. The van der Waals surface area contributed by atoms with Gasteiger partial charge in [0.15, 0.2) is 5.69 Å². The lowest BCUT2D eigenvalue weighted by molar-refractivity contribution is -0.384. The van der Waals surface area contributed by atoms with Gasteiger partial charge in [0.05, 0.1) is 4.92 Å². The van der Waals surface area contributed by atoms with Crippen molar-refractivity contribution >= 4 is 17.3 Å². The molecule has 1 N–H and O–H groups in total. The molecule has 0 amide bonds. The molecule has 1 fully saturated rings. The van der Waals surface area contributed by atoms with E-state index in [9.17, 15) is 10.1 Å². The quantitative estimate of drug-likeness (QED) is 0.512. The standard InChI is InChI=1S/C21H21N5O2/c27-26(28)18-9-10-19(24-21(18)17-6-2-1-3-7-17)22-14-16-8-11-20(23-15-16)25-12-4-5-13-25/h1-3,6-11,15H,4-5,12-14H2,(H,22,24). The summed E-state index contributed by atoms with van der Waals surface area (Å²) in [6.45, 7) is 2.69. The van der Waals surface area contributed by atoms with Crippen LogP contribution in [0.2, 0.25) is 0 Å². The Morgan fingerprint density at radius 1 is 1.04 bits per heavy atom. The van der Waals surface area contributed by atoms with Gasteiger partial charge in [-0.1, -0.05) is 36.4 Å². The lowest BCUT2D eigenvalue weighted by Gasteiger charge is -2.16. The van der Waals surface area contributed by atoms with Gasteiger partial charge in [0, 0.05) is 37.5 Å². The molecule has 1 saturated heterocycles. The number of nitrogens with one attached hydrogen (secondary N) is 1. The Balaban J connectivity index is 1.49. The summed E-state index contributed by atoms with van der Waals surface area (Å²) < 4.78 is 0. The van der Waals surface area contributed by atoms with Crippen molar-refractivity contribution in [1.29, 1.82) is 0 Å². The molecule has 0 spiro atoms. The summed E-state index contributed by atoms with van der Waals surface area (Å²) in [6, 6.07) is 16.4. The van der Waals surface area contributed by atoms with Crippen molar-refractivity contribution in [2.45, 2.75) is 19.4 Å². The van der Waals surface area contributed by atoms with E-state index in [0.717, 1.165) is 30.0 Å². The first-order valence-corrected chi connectivity index (χ1v) is 9.35. The van der Waals surface area contributed by atoms with Gasteiger partial charge in [-0.15, -0.1) is 0 Å². The second-order valence-corrected chi connectivity index (χ2v) is 6.76. The highest BCUT2D eigenvalue weighted by Gasteiger charge is 2.17. The molecule has 1 aliphatic rings. The van der Waals surface area contributed by atoms with E-state index < -0.39 is 4.92 Å². The van der Waals surface area contributed by atoms with Gasteiger partial charge in [0.2, 0.25) is 0 Å². The zero-order chi connectivity index (χ0) is 19.3. The third kappa shape index (κ3) is 3.93. The molecule has 0 unspecified atom stereocenters. The van der Waals surface area contributed by atoms with Crippen LogP contribution in [0.4, 0.5) is 17.3 Å². The minimum Gasteiger partial charge on any atom is -0.366 e. The number of benzene rings is 1. The average molecular weight is 375 g/mol. The number of anilines is 2. The van der Waals surface area contributed by atoms with Crippen LogP contribution in [0.3, 0.4) is 0 Å². The molecule has 2 aromatic heterocycles. The number of nitro groups is 1. The SMILES string of the molecule is O=[N+]([O-])c1ccc(NCc2ccc(N3CCCC3)nc2)nc1-c1ccccc1. The molecule has 142 valence electrons. The predicted octanol–water partition coefficient (Wildman–Crippen LogP) is 4.26. The van der Waals surface area contributed by atoms with Gasteiger partial charge >= 0.3 is 0 Å². The van der Waals surface area contributed by atoms with Crippen molar-refractivity contribution in [1.82, 2.24) is 9.97 Å². The highest BCUT2D eigenvalue weighted by Crippen LogP contribution is 2.29. The molecule has 28 heavy (non-hydrogen) atoms. The summed E-state index contributed by atoms with van der Waals surface area (Å²) in [5.74, 6) is 1.61. The van der Waals surface area contributed by atoms with Crippen LogP contribution >= 0.6 is 0 Å². The Labute approximate surface area is 163 Å². The molecule has 0 radical (unpaired) electrons. The van der Waals surface area contributed by atoms with Crippen LogP contribution in [-0.4, -0.2) is 28.0 Å². The molecular weight excluding hydrogens is 354 g/mol. The zero-order valence-electron chi connectivity index (χ0n) is 15.4. The second-order valence-electron chi connectivity index (χ2n) is 6.76. The molecular formula is C21H21N5O2. The van der Waals surface area contributed by atoms with E-state index in [1.54, 1.807) is 6.07 Å². The van der Waals surface area contributed by atoms with Gasteiger partial charge in [0.25, 0.3) is 5.69 Å². The van der Waals surface area contributed by atoms with Gasteiger partial charge < -0.3 is 10.2 Å². The Morgan fingerprint density at radius 3 is 2.50 bits per heavy atom. The molecule has 7 nitrogen and oxygen atoms in total. The maximum Gasteiger partial charge on any atom is 0.295 e. The van der Waals surface area contributed by atoms with Crippen LogP contribution in [0.1, 0.15) is 18.4 Å². The number of rotatable bonds is 6. The highest BCUT2D eigenvalue weighted by atomic mass is 16.6. The number of hydrogen-bond donors (Lipinski definition) is 1. The van der Waals surface area contributed by atoms with Crippen LogP contribution < -0.4 is 10.2 Å². The molecule has 3 aromatic rings. The van der Waals surface area contributed by atoms with E-state index in [1.807, 2.05) is 42.6 Å². The van der Waals surface area contributed by atoms with Gasteiger partial charge in [-0.25, -0.2) is 9.97 Å². The summed E-state index contributed by atoms with van der Waals surface area (Å²) in [4.78, 5) is 22.3. The van der Waals surface area contributed by atoms with Crippen molar-refractivity contribution < 1.29 is 4.92 Å². The van der Waals surface area contributed by atoms with E-state index in [4.69, 9.17) is 0 Å². The third-order valence-corrected chi connectivity index (χ3v) is 4.83. The maximum atomic E-state index is 11.4. The van der Waals surface area contributed by atoms with E-state index in [2.05, 4.69) is 26.3 Å². The molecule has 0 bridgehead atoms. The van der Waals surface area contributed by atoms with Crippen LogP contribution in [0.25, 0.3) is 11.3 Å². The summed E-state index contributed by atoms with van der Waals surface area (Å²) in [7, 11) is 0. The lowest BCUT2D eigenvalue weighted by Crippen LogP contribution is -2.18. The molecule has 0 aliphatic carbocycles. The maximum absolute atomic E-state index is 11.4. The fourth-order valence-corrected chi connectivity index (χ4v) is 3.35. The first-order valence-electron chi connectivity index (χ1n) is 9.35. The average Bonchev–Trinajstić information content (AvgIpc) is 3.28. The molecule has 1 aliphatic heterocycles. The van der Waals surface area contributed by atoms with Crippen LogP contribution in [0.5, 0.6) is 0 Å². The lowest BCUT2D eigenvalue weighted by atomic mass is 10.1. The van der Waals surface area contributed by atoms with E-state index >= 15 is 0 Å². The predicted molar refractivity (Wildman–Crippen MR) is 109 cm³/mol. The highest BCUT2D eigenvalue weighted by molar-refractivity contribution is 5.71. The molecule has 4 rings (SSSR count). The van der Waals surface area contributed by atoms with Crippen molar-refractivity contribution in [2.75, 3.05) is 23.3 Å².